The molecule has 36 heavy (non-hydrogen) atoms. The summed E-state index contributed by atoms with van der Waals surface area (Å²) in [5.41, 5.74) is 3.53. The first-order valence-corrected chi connectivity index (χ1v) is 13.1. The monoisotopic (exact) mass is 486 g/mol. The molecule has 0 radical (unpaired) electrons. The second-order valence-electron chi connectivity index (χ2n) is 10.3. The third-order valence-corrected chi connectivity index (χ3v) is 7.89. The number of hydrogen-bond donors (Lipinski definition) is 2. The van der Waals surface area contributed by atoms with Crippen LogP contribution in [0.3, 0.4) is 0 Å². The molecule has 3 aromatic rings. The van der Waals surface area contributed by atoms with Crippen LogP contribution in [0.25, 0.3) is 17.0 Å². The van der Waals surface area contributed by atoms with Crippen molar-refractivity contribution in [3.63, 3.8) is 0 Å². The summed E-state index contributed by atoms with van der Waals surface area (Å²) in [6, 6.07) is 15.0. The number of H-pyrrole nitrogens is 1. The van der Waals surface area contributed by atoms with Crippen LogP contribution in [0.4, 0.5) is 5.69 Å². The van der Waals surface area contributed by atoms with Gasteiger partial charge in [-0.25, -0.2) is 0 Å². The predicted octanol–water partition coefficient (Wildman–Crippen LogP) is 5.64. The van der Waals surface area contributed by atoms with Crippen LogP contribution in [-0.2, 0) is 4.79 Å². The first kappa shape index (κ1) is 24.3. The highest BCUT2D eigenvalue weighted by Crippen LogP contribution is 2.34. The Morgan fingerprint density at radius 3 is 2.47 bits per heavy atom. The van der Waals surface area contributed by atoms with Crippen LogP contribution < -0.4 is 5.32 Å². The molecule has 7 heteroatoms. The minimum atomic E-state index is -0.427. The first-order valence-electron chi connectivity index (χ1n) is 13.1. The minimum absolute atomic E-state index is 0.0482. The number of para-hydroxylation sites is 1. The molecule has 1 saturated carbocycles. The largest absolute Gasteiger partial charge is 0.361 e. The maximum atomic E-state index is 12.4. The molecule has 1 aromatic heterocycles. The Kier molecular flexibility index (Phi) is 7.47. The number of carbonyl (C=O) groups is 1. The van der Waals surface area contributed by atoms with Crippen LogP contribution in [0.1, 0.15) is 55.6 Å². The van der Waals surface area contributed by atoms with Gasteiger partial charge >= 0.3 is 0 Å². The van der Waals surface area contributed by atoms with Gasteiger partial charge in [0.25, 0.3) is 5.69 Å². The number of benzene rings is 2. The maximum absolute atomic E-state index is 12.4. The number of nitro benzene ring substituents is 1. The fraction of sp³-hybridized carbons (Fsp3) is 0.414. The zero-order valence-corrected chi connectivity index (χ0v) is 20.6. The molecule has 1 amide bonds. The topological polar surface area (TPSA) is 91.3 Å². The molecule has 2 aromatic carbocycles. The molecular formula is C29H34N4O3. The van der Waals surface area contributed by atoms with E-state index in [1.54, 1.807) is 18.2 Å². The SMILES string of the molecule is O=C(/C=C/c1ccc([N+](=O)[O-])cc1)NC1CCC(CN2CCC(c3c[nH]c4ccccc34)CC2)CC1. The number of fused-ring (bicyclic) bond motifs is 1. The van der Waals surface area contributed by atoms with E-state index in [9.17, 15) is 14.9 Å². The molecule has 1 aliphatic heterocycles. The van der Waals surface area contributed by atoms with Crippen LogP contribution in [0, 0.1) is 16.0 Å². The van der Waals surface area contributed by atoms with Gasteiger partial charge in [-0.3, -0.25) is 14.9 Å². The van der Waals surface area contributed by atoms with E-state index in [1.807, 2.05) is 0 Å². The molecule has 0 unspecified atom stereocenters. The van der Waals surface area contributed by atoms with Gasteiger partial charge in [0.05, 0.1) is 4.92 Å². The Balaban J connectivity index is 1.03. The Labute approximate surface area is 211 Å². The molecule has 0 bridgehead atoms. The van der Waals surface area contributed by atoms with Crippen LogP contribution in [0.2, 0.25) is 0 Å². The van der Waals surface area contributed by atoms with Crippen molar-refractivity contribution in [3.05, 3.63) is 82.0 Å². The van der Waals surface area contributed by atoms with E-state index >= 15 is 0 Å². The summed E-state index contributed by atoms with van der Waals surface area (Å²) in [4.78, 5) is 28.7. The molecule has 1 saturated heterocycles. The van der Waals surface area contributed by atoms with E-state index in [0.717, 1.165) is 44.3 Å². The van der Waals surface area contributed by atoms with Gasteiger partial charge < -0.3 is 15.2 Å². The number of hydrogen-bond acceptors (Lipinski definition) is 4. The lowest BCUT2D eigenvalue weighted by Crippen LogP contribution is -2.41. The van der Waals surface area contributed by atoms with Crippen LogP contribution in [0.5, 0.6) is 0 Å². The van der Waals surface area contributed by atoms with Crippen LogP contribution in [-0.4, -0.2) is 46.4 Å². The quantitative estimate of drug-likeness (QED) is 0.257. The fourth-order valence-electron chi connectivity index (χ4n) is 5.84. The van der Waals surface area contributed by atoms with Crippen molar-refractivity contribution >= 4 is 28.6 Å². The summed E-state index contributed by atoms with van der Waals surface area (Å²) in [5.74, 6) is 1.25. The van der Waals surface area contributed by atoms with E-state index in [0.29, 0.717) is 11.8 Å². The van der Waals surface area contributed by atoms with Crippen LogP contribution in [0.15, 0.2) is 60.8 Å². The molecule has 0 spiro atoms. The highest BCUT2D eigenvalue weighted by atomic mass is 16.6. The predicted molar refractivity (Wildman–Crippen MR) is 143 cm³/mol. The Morgan fingerprint density at radius 2 is 1.75 bits per heavy atom. The fourth-order valence-corrected chi connectivity index (χ4v) is 5.84. The Bertz CT molecular complexity index is 1220. The lowest BCUT2D eigenvalue weighted by atomic mass is 9.84. The maximum Gasteiger partial charge on any atom is 0.269 e. The molecule has 2 aliphatic rings. The molecule has 0 atom stereocenters. The van der Waals surface area contributed by atoms with E-state index in [4.69, 9.17) is 0 Å². The molecular weight excluding hydrogens is 452 g/mol. The third-order valence-electron chi connectivity index (χ3n) is 7.89. The van der Waals surface area contributed by atoms with Gasteiger partial charge in [-0.2, -0.15) is 0 Å². The normalized spacial score (nSPS) is 21.7. The summed E-state index contributed by atoms with van der Waals surface area (Å²) in [6.45, 7) is 3.49. The molecule has 5 rings (SSSR count). The van der Waals surface area contributed by atoms with Crippen molar-refractivity contribution in [2.75, 3.05) is 19.6 Å². The number of aromatic amines is 1. The standard InChI is InChI=1S/C29H34N4O3/c34-29(14-9-21-7-12-25(13-8-21)33(35)36)31-24-10-5-22(6-11-24)20-32-17-15-23(16-18-32)27-19-30-28-4-2-1-3-26(27)28/h1-4,7-9,12-14,19,22-24,30H,5-6,10-11,15-18,20H2,(H,31,34)/b14-9+. The minimum Gasteiger partial charge on any atom is -0.361 e. The van der Waals surface area contributed by atoms with E-state index in [-0.39, 0.29) is 17.6 Å². The number of nitrogens with one attached hydrogen (secondary N) is 2. The van der Waals surface area contributed by atoms with Crippen molar-refractivity contribution in [3.8, 4) is 0 Å². The van der Waals surface area contributed by atoms with E-state index in [2.05, 4.69) is 45.7 Å². The van der Waals surface area contributed by atoms with Crippen molar-refractivity contribution in [2.24, 2.45) is 5.92 Å². The Morgan fingerprint density at radius 1 is 1.03 bits per heavy atom. The van der Waals surface area contributed by atoms with Crippen molar-refractivity contribution in [1.29, 1.82) is 0 Å². The third kappa shape index (κ3) is 5.85. The van der Waals surface area contributed by atoms with Crippen molar-refractivity contribution in [2.45, 2.75) is 50.5 Å². The van der Waals surface area contributed by atoms with Crippen molar-refractivity contribution in [1.82, 2.24) is 15.2 Å². The zero-order valence-electron chi connectivity index (χ0n) is 20.6. The van der Waals surface area contributed by atoms with Crippen LogP contribution >= 0.6 is 0 Å². The number of amides is 1. The average Bonchev–Trinajstić information content (AvgIpc) is 3.34. The van der Waals surface area contributed by atoms with Gasteiger partial charge in [0.15, 0.2) is 0 Å². The van der Waals surface area contributed by atoms with Gasteiger partial charge in [0, 0.05) is 47.9 Å². The van der Waals surface area contributed by atoms with Gasteiger partial charge in [-0.1, -0.05) is 18.2 Å². The number of rotatable bonds is 7. The highest BCUT2D eigenvalue weighted by molar-refractivity contribution is 5.92. The number of carbonyl (C=O) groups excluding carboxylic acids is 1. The zero-order chi connectivity index (χ0) is 24.9. The van der Waals surface area contributed by atoms with E-state index in [1.165, 1.54) is 54.1 Å². The second-order valence-corrected chi connectivity index (χ2v) is 10.3. The number of aromatic nitrogens is 1. The summed E-state index contributed by atoms with van der Waals surface area (Å²) in [5, 5.41) is 15.3. The summed E-state index contributed by atoms with van der Waals surface area (Å²) in [7, 11) is 0. The molecule has 2 N–H and O–H groups in total. The van der Waals surface area contributed by atoms with Crippen molar-refractivity contribution < 1.29 is 9.72 Å². The lowest BCUT2D eigenvalue weighted by molar-refractivity contribution is -0.384. The number of nitro groups is 1. The van der Waals surface area contributed by atoms with Gasteiger partial charge in [-0.05, 0) is 98.9 Å². The van der Waals surface area contributed by atoms with E-state index < -0.39 is 4.92 Å². The number of nitrogens with zero attached hydrogens (tertiary/aromatic N) is 2. The molecule has 2 fully saturated rings. The summed E-state index contributed by atoms with van der Waals surface area (Å²) in [6.07, 6.45) is 12.2. The first-order chi connectivity index (χ1) is 17.5. The molecule has 188 valence electrons. The lowest BCUT2D eigenvalue weighted by Gasteiger charge is -2.36. The number of piperidine rings is 1. The average molecular weight is 487 g/mol. The smallest absolute Gasteiger partial charge is 0.269 e. The highest BCUT2D eigenvalue weighted by Gasteiger charge is 2.27. The van der Waals surface area contributed by atoms with Gasteiger partial charge in [-0.15, -0.1) is 0 Å². The van der Waals surface area contributed by atoms with Gasteiger partial charge in [0.2, 0.25) is 5.91 Å². The second kappa shape index (κ2) is 11.1. The Hall–Kier alpha value is -3.45. The molecule has 1 aliphatic carbocycles. The number of non-ortho nitro benzene ring substituents is 1. The molecule has 7 nitrogen and oxygen atoms in total. The number of likely N-dealkylation sites (tertiary alicyclic amines) is 1. The van der Waals surface area contributed by atoms with Gasteiger partial charge in [0.1, 0.15) is 0 Å². The molecule has 2 heterocycles. The summed E-state index contributed by atoms with van der Waals surface area (Å²) >= 11 is 0. The summed E-state index contributed by atoms with van der Waals surface area (Å²) < 4.78 is 0.